The van der Waals surface area contributed by atoms with Gasteiger partial charge < -0.3 is 15.0 Å². The highest BCUT2D eigenvalue weighted by Crippen LogP contribution is 2.44. The number of anilines is 1. The van der Waals surface area contributed by atoms with Crippen molar-refractivity contribution in [3.63, 3.8) is 0 Å². The number of halogens is 6. The minimum absolute atomic E-state index is 0.0801. The smallest absolute Gasteiger partial charge is 0.406 e. The van der Waals surface area contributed by atoms with Crippen LogP contribution in [0.4, 0.5) is 32.0 Å². The first-order valence-corrected chi connectivity index (χ1v) is 10.5. The van der Waals surface area contributed by atoms with E-state index in [1.54, 1.807) is 0 Å². The SMILES string of the molecule is O=C(Nc1cccc(OC(F)(F)F)c1)C1c2ccccc2C(=O)N(CC(F)(F)F)C1c1cccnc1. The van der Waals surface area contributed by atoms with Gasteiger partial charge in [0, 0.05) is 29.7 Å². The van der Waals surface area contributed by atoms with E-state index in [1.165, 1.54) is 60.9 Å². The van der Waals surface area contributed by atoms with Crippen LogP contribution in [0.3, 0.4) is 0 Å². The van der Waals surface area contributed by atoms with Crippen LogP contribution in [0.5, 0.6) is 5.75 Å². The number of carbonyl (C=O) groups excluding carboxylic acids is 2. The highest BCUT2D eigenvalue weighted by molar-refractivity contribution is 6.04. The lowest BCUT2D eigenvalue weighted by molar-refractivity contribution is -0.274. The number of rotatable bonds is 5. The summed E-state index contributed by atoms with van der Waals surface area (Å²) in [6.45, 7) is -1.63. The number of nitrogens with zero attached hydrogens (tertiary/aromatic N) is 2. The van der Waals surface area contributed by atoms with Crippen molar-refractivity contribution < 1.29 is 40.7 Å². The molecule has 2 unspecified atom stereocenters. The maximum atomic E-state index is 13.5. The molecule has 0 spiro atoms. The Balaban J connectivity index is 1.78. The van der Waals surface area contributed by atoms with E-state index in [2.05, 4.69) is 15.0 Å². The molecule has 0 saturated carbocycles. The van der Waals surface area contributed by atoms with Crippen LogP contribution >= 0.6 is 0 Å². The molecule has 0 radical (unpaired) electrons. The number of hydrogen-bond acceptors (Lipinski definition) is 4. The molecular formula is C24H17F6N3O3. The van der Waals surface area contributed by atoms with Gasteiger partial charge in [-0.3, -0.25) is 14.6 Å². The van der Waals surface area contributed by atoms with E-state index >= 15 is 0 Å². The molecule has 1 N–H and O–H groups in total. The van der Waals surface area contributed by atoms with Gasteiger partial charge in [0.2, 0.25) is 5.91 Å². The van der Waals surface area contributed by atoms with Crippen LogP contribution in [0.15, 0.2) is 73.1 Å². The number of benzene rings is 2. The molecule has 2 heterocycles. The Bertz CT molecular complexity index is 1260. The number of ether oxygens (including phenoxy) is 1. The number of nitrogens with one attached hydrogen (secondary N) is 1. The van der Waals surface area contributed by atoms with E-state index < -0.39 is 48.6 Å². The zero-order valence-electron chi connectivity index (χ0n) is 18.2. The molecule has 0 fully saturated rings. The van der Waals surface area contributed by atoms with Crippen LogP contribution in [0.1, 0.15) is 33.4 Å². The Morgan fingerprint density at radius 2 is 1.75 bits per heavy atom. The van der Waals surface area contributed by atoms with Crippen molar-refractivity contribution in [1.29, 1.82) is 0 Å². The van der Waals surface area contributed by atoms with Gasteiger partial charge in [-0.15, -0.1) is 13.2 Å². The quantitative estimate of drug-likeness (QED) is 0.464. The molecule has 2 amide bonds. The molecule has 188 valence electrons. The number of amides is 2. The second-order valence-electron chi connectivity index (χ2n) is 7.91. The lowest BCUT2D eigenvalue weighted by Gasteiger charge is -2.41. The average molecular weight is 509 g/mol. The van der Waals surface area contributed by atoms with Crippen molar-refractivity contribution in [2.24, 2.45) is 0 Å². The van der Waals surface area contributed by atoms with Crippen LogP contribution in [-0.2, 0) is 4.79 Å². The standard InChI is InChI=1S/C24H17F6N3O3/c25-23(26,27)13-33-20(14-5-4-10-31-12-14)19(17-8-1-2-9-18(17)22(33)35)21(34)32-15-6-3-7-16(11-15)36-24(28,29)30/h1-12,19-20H,13H2,(H,32,34). The normalized spacial score (nSPS) is 17.9. The van der Waals surface area contributed by atoms with Crippen LogP contribution < -0.4 is 10.1 Å². The number of fused-ring (bicyclic) bond motifs is 1. The predicted octanol–water partition coefficient (Wildman–Crippen LogP) is 5.46. The zero-order chi connectivity index (χ0) is 26.1. The molecule has 0 bridgehead atoms. The van der Waals surface area contributed by atoms with E-state index in [0.29, 0.717) is 4.90 Å². The summed E-state index contributed by atoms with van der Waals surface area (Å²) < 4.78 is 82.2. The predicted molar refractivity (Wildman–Crippen MR) is 115 cm³/mol. The van der Waals surface area contributed by atoms with E-state index in [9.17, 15) is 35.9 Å². The first-order chi connectivity index (χ1) is 16.9. The summed E-state index contributed by atoms with van der Waals surface area (Å²) in [5.41, 5.74) is 0.188. The van der Waals surface area contributed by atoms with E-state index in [-0.39, 0.29) is 22.4 Å². The van der Waals surface area contributed by atoms with Gasteiger partial charge in [0.05, 0.1) is 12.0 Å². The fraction of sp³-hybridized carbons (Fsp3) is 0.208. The Labute approximate surface area is 200 Å². The third-order valence-electron chi connectivity index (χ3n) is 5.43. The zero-order valence-corrected chi connectivity index (χ0v) is 18.2. The van der Waals surface area contributed by atoms with Crippen LogP contribution in [0, 0.1) is 0 Å². The third-order valence-corrected chi connectivity index (χ3v) is 5.43. The largest absolute Gasteiger partial charge is 0.573 e. The molecule has 1 aliphatic rings. The number of pyridine rings is 1. The van der Waals surface area contributed by atoms with E-state index in [1.807, 2.05) is 0 Å². The van der Waals surface area contributed by atoms with Crippen molar-refractivity contribution in [3.8, 4) is 5.75 Å². The monoisotopic (exact) mass is 509 g/mol. The van der Waals surface area contributed by atoms with Gasteiger partial charge in [-0.1, -0.05) is 30.3 Å². The second kappa shape index (κ2) is 9.51. The molecule has 0 saturated heterocycles. The minimum Gasteiger partial charge on any atom is -0.406 e. The molecule has 1 aliphatic heterocycles. The van der Waals surface area contributed by atoms with Crippen molar-refractivity contribution in [1.82, 2.24) is 9.88 Å². The van der Waals surface area contributed by atoms with E-state index in [4.69, 9.17) is 0 Å². The number of aromatic nitrogens is 1. The van der Waals surface area contributed by atoms with Gasteiger partial charge in [-0.2, -0.15) is 13.2 Å². The Morgan fingerprint density at radius 1 is 1.00 bits per heavy atom. The molecule has 0 aliphatic carbocycles. The summed E-state index contributed by atoms with van der Waals surface area (Å²) in [4.78, 5) is 31.1. The molecule has 36 heavy (non-hydrogen) atoms. The minimum atomic E-state index is -4.96. The van der Waals surface area contributed by atoms with Crippen molar-refractivity contribution >= 4 is 17.5 Å². The summed E-state index contributed by atoms with van der Waals surface area (Å²) in [5.74, 6) is -3.68. The summed E-state index contributed by atoms with van der Waals surface area (Å²) >= 11 is 0. The highest BCUT2D eigenvalue weighted by atomic mass is 19.4. The van der Waals surface area contributed by atoms with Crippen LogP contribution in [-0.4, -0.2) is 40.8 Å². The molecule has 2 atom stereocenters. The summed E-state index contributed by atoms with van der Waals surface area (Å²) in [6.07, 6.45) is -7.09. The Kier molecular flexibility index (Phi) is 6.61. The molecule has 1 aromatic heterocycles. The third kappa shape index (κ3) is 5.58. The van der Waals surface area contributed by atoms with Crippen molar-refractivity contribution in [3.05, 3.63) is 89.7 Å². The Hall–Kier alpha value is -4.09. The van der Waals surface area contributed by atoms with Gasteiger partial charge >= 0.3 is 12.5 Å². The van der Waals surface area contributed by atoms with Crippen molar-refractivity contribution in [2.45, 2.75) is 24.5 Å². The van der Waals surface area contributed by atoms with Crippen molar-refractivity contribution in [2.75, 3.05) is 11.9 Å². The molecule has 2 aromatic carbocycles. The van der Waals surface area contributed by atoms with Gasteiger partial charge in [-0.05, 0) is 35.4 Å². The second-order valence-corrected chi connectivity index (χ2v) is 7.91. The summed E-state index contributed by atoms with van der Waals surface area (Å²) in [5, 5.41) is 2.45. The van der Waals surface area contributed by atoms with Gasteiger partial charge in [0.1, 0.15) is 12.3 Å². The highest BCUT2D eigenvalue weighted by Gasteiger charge is 2.47. The molecular weight excluding hydrogens is 492 g/mol. The first-order valence-electron chi connectivity index (χ1n) is 10.5. The lowest BCUT2D eigenvalue weighted by Crippen LogP contribution is -2.49. The summed E-state index contributed by atoms with van der Waals surface area (Å²) in [6, 6.07) is 11.7. The average Bonchev–Trinajstić information content (AvgIpc) is 2.79. The topological polar surface area (TPSA) is 71.5 Å². The molecule has 12 heteroatoms. The maximum Gasteiger partial charge on any atom is 0.573 e. The van der Waals surface area contributed by atoms with Gasteiger partial charge in [0.15, 0.2) is 0 Å². The lowest BCUT2D eigenvalue weighted by atomic mass is 9.79. The molecule has 4 rings (SSSR count). The molecule has 3 aromatic rings. The fourth-order valence-electron chi connectivity index (χ4n) is 4.16. The number of carbonyl (C=O) groups is 2. The molecule has 6 nitrogen and oxygen atoms in total. The number of alkyl halides is 6. The first kappa shape index (κ1) is 25.0. The van der Waals surface area contributed by atoms with Gasteiger partial charge in [-0.25, -0.2) is 0 Å². The Morgan fingerprint density at radius 3 is 2.42 bits per heavy atom. The maximum absolute atomic E-state index is 13.5. The van der Waals surface area contributed by atoms with E-state index in [0.717, 1.165) is 12.1 Å². The fourth-order valence-corrected chi connectivity index (χ4v) is 4.16. The van der Waals surface area contributed by atoms with Gasteiger partial charge in [0.25, 0.3) is 5.91 Å². The van der Waals surface area contributed by atoms with Crippen LogP contribution in [0.2, 0.25) is 0 Å². The van der Waals surface area contributed by atoms with Crippen LogP contribution in [0.25, 0.3) is 0 Å². The number of hydrogen-bond donors (Lipinski definition) is 1. The summed E-state index contributed by atoms with van der Waals surface area (Å²) in [7, 11) is 0.